The van der Waals surface area contributed by atoms with E-state index in [1.165, 1.54) is 18.5 Å². The van der Waals surface area contributed by atoms with Crippen molar-refractivity contribution in [1.82, 2.24) is 14.6 Å². The van der Waals surface area contributed by atoms with E-state index in [-0.39, 0.29) is 5.56 Å². The number of nitrogens with two attached hydrogens (primary N) is 2. The fourth-order valence-corrected chi connectivity index (χ4v) is 2.05. The molecule has 0 saturated carbocycles. The van der Waals surface area contributed by atoms with Gasteiger partial charge in [-0.1, -0.05) is 6.07 Å². The summed E-state index contributed by atoms with van der Waals surface area (Å²) < 4.78 is 15.4. The van der Waals surface area contributed by atoms with Crippen molar-refractivity contribution in [3.8, 4) is 11.3 Å². The molecule has 0 aliphatic carbocycles. The van der Waals surface area contributed by atoms with Crippen molar-refractivity contribution < 1.29 is 9.18 Å². The van der Waals surface area contributed by atoms with Crippen LogP contribution >= 0.6 is 0 Å². The van der Waals surface area contributed by atoms with Crippen LogP contribution in [0.5, 0.6) is 0 Å². The molecule has 2 aromatic heterocycles. The zero-order valence-electron chi connectivity index (χ0n) is 10.2. The molecule has 0 fully saturated rings. The topological polar surface area (TPSA) is 99.3 Å². The standard InChI is InChI=1S/C13H10FN5O/c14-9-5-7(1-2-8(9)13(16)20)10-3-4-11-12(15)17-6-18-19(10)11/h1-6H,(H2,16,20)(H2,15,17,18). The van der Waals surface area contributed by atoms with Crippen LogP contribution in [0.2, 0.25) is 0 Å². The maximum absolute atomic E-state index is 13.8. The number of amides is 1. The Hall–Kier alpha value is -2.96. The maximum Gasteiger partial charge on any atom is 0.251 e. The van der Waals surface area contributed by atoms with Gasteiger partial charge in [-0.05, 0) is 24.3 Å². The van der Waals surface area contributed by atoms with Crippen molar-refractivity contribution in [2.24, 2.45) is 5.73 Å². The van der Waals surface area contributed by atoms with Crippen molar-refractivity contribution in [3.05, 3.63) is 48.0 Å². The van der Waals surface area contributed by atoms with Gasteiger partial charge in [0, 0.05) is 5.56 Å². The van der Waals surface area contributed by atoms with Gasteiger partial charge in [-0.3, -0.25) is 4.79 Å². The van der Waals surface area contributed by atoms with Crippen LogP contribution < -0.4 is 11.5 Å². The summed E-state index contributed by atoms with van der Waals surface area (Å²) in [6.45, 7) is 0. The monoisotopic (exact) mass is 271 g/mol. The van der Waals surface area contributed by atoms with Crippen LogP contribution in [0.4, 0.5) is 10.2 Å². The zero-order valence-corrected chi connectivity index (χ0v) is 10.2. The summed E-state index contributed by atoms with van der Waals surface area (Å²) in [5, 5.41) is 4.08. The summed E-state index contributed by atoms with van der Waals surface area (Å²) in [4.78, 5) is 14.9. The molecule has 0 radical (unpaired) electrons. The number of anilines is 1. The molecule has 6 nitrogen and oxygen atoms in total. The maximum atomic E-state index is 13.8. The largest absolute Gasteiger partial charge is 0.382 e. The lowest BCUT2D eigenvalue weighted by atomic mass is 10.1. The first-order valence-corrected chi connectivity index (χ1v) is 5.76. The number of hydrogen-bond acceptors (Lipinski definition) is 4. The second-order valence-electron chi connectivity index (χ2n) is 4.22. The van der Waals surface area contributed by atoms with Crippen LogP contribution in [0.25, 0.3) is 16.8 Å². The predicted molar refractivity (Wildman–Crippen MR) is 71.3 cm³/mol. The highest BCUT2D eigenvalue weighted by atomic mass is 19.1. The zero-order chi connectivity index (χ0) is 14.3. The Labute approximate surface area is 112 Å². The number of carbonyl (C=O) groups excluding carboxylic acids is 1. The fraction of sp³-hybridized carbons (Fsp3) is 0. The fourth-order valence-electron chi connectivity index (χ4n) is 2.05. The van der Waals surface area contributed by atoms with Crippen molar-refractivity contribution in [3.63, 3.8) is 0 Å². The first-order valence-electron chi connectivity index (χ1n) is 5.76. The van der Waals surface area contributed by atoms with E-state index in [0.717, 1.165) is 0 Å². The molecule has 0 aliphatic heterocycles. The van der Waals surface area contributed by atoms with Crippen molar-refractivity contribution in [2.75, 3.05) is 5.73 Å². The number of primary amides is 1. The molecule has 0 saturated heterocycles. The summed E-state index contributed by atoms with van der Waals surface area (Å²) in [7, 11) is 0. The smallest absolute Gasteiger partial charge is 0.251 e. The van der Waals surface area contributed by atoms with Gasteiger partial charge < -0.3 is 11.5 Å². The molecule has 0 spiro atoms. The van der Waals surface area contributed by atoms with Crippen LogP contribution in [0.1, 0.15) is 10.4 Å². The third-order valence-electron chi connectivity index (χ3n) is 3.01. The van der Waals surface area contributed by atoms with E-state index in [1.54, 1.807) is 22.7 Å². The van der Waals surface area contributed by atoms with Gasteiger partial charge in [0.25, 0.3) is 5.91 Å². The second kappa shape index (κ2) is 4.30. The van der Waals surface area contributed by atoms with Crippen LogP contribution in [0.15, 0.2) is 36.7 Å². The van der Waals surface area contributed by atoms with E-state index in [2.05, 4.69) is 10.1 Å². The van der Waals surface area contributed by atoms with Crippen LogP contribution in [0.3, 0.4) is 0 Å². The number of nitrogens with zero attached hydrogens (tertiary/aromatic N) is 3. The summed E-state index contributed by atoms with van der Waals surface area (Å²) in [6, 6.07) is 7.67. The van der Waals surface area contributed by atoms with Gasteiger partial charge >= 0.3 is 0 Å². The molecule has 2 heterocycles. The number of rotatable bonds is 2. The average Bonchev–Trinajstić information content (AvgIpc) is 2.83. The Morgan fingerprint density at radius 2 is 2.05 bits per heavy atom. The Morgan fingerprint density at radius 3 is 2.75 bits per heavy atom. The number of halogens is 1. The molecule has 3 aromatic rings. The molecule has 0 unspecified atom stereocenters. The predicted octanol–water partition coefficient (Wildman–Crippen LogP) is 1.22. The number of benzene rings is 1. The van der Waals surface area contributed by atoms with E-state index < -0.39 is 11.7 Å². The van der Waals surface area contributed by atoms with Crippen molar-refractivity contribution in [2.45, 2.75) is 0 Å². The quantitative estimate of drug-likeness (QED) is 0.731. The molecule has 1 aromatic carbocycles. The molecule has 0 aliphatic rings. The van der Waals surface area contributed by atoms with Crippen LogP contribution in [-0.4, -0.2) is 20.5 Å². The van der Waals surface area contributed by atoms with Gasteiger partial charge in [0.05, 0.1) is 11.3 Å². The lowest BCUT2D eigenvalue weighted by molar-refractivity contribution is 0.0996. The molecular weight excluding hydrogens is 261 g/mol. The Balaban J connectivity index is 2.19. The molecule has 0 atom stereocenters. The highest BCUT2D eigenvalue weighted by Crippen LogP contribution is 2.25. The molecule has 1 amide bonds. The number of nitrogen functional groups attached to an aromatic ring is 1. The third-order valence-corrected chi connectivity index (χ3v) is 3.01. The average molecular weight is 271 g/mol. The van der Waals surface area contributed by atoms with E-state index in [4.69, 9.17) is 11.5 Å². The number of aromatic nitrogens is 3. The number of carbonyl (C=O) groups is 1. The lowest BCUT2D eigenvalue weighted by Gasteiger charge is -2.05. The highest BCUT2D eigenvalue weighted by Gasteiger charge is 2.12. The second-order valence-corrected chi connectivity index (χ2v) is 4.22. The van der Waals surface area contributed by atoms with E-state index in [0.29, 0.717) is 22.6 Å². The number of hydrogen-bond donors (Lipinski definition) is 2. The lowest BCUT2D eigenvalue weighted by Crippen LogP contribution is -2.13. The normalized spacial score (nSPS) is 10.8. The van der Waals surface area contributed by atoms with Crippen LogP contribution in [0, 0.1) is 5.82 Å². The summed E-state index contributed by atoms with van der Waals surface area (Å²) in [5.41, 5.74) is 12.5. The van der Waals surface area contributed by atoms with Crippen molar-refractivity contribution in [1.29, 1.82) is 0 Å². The number of fused-ring (bicyclic) bond motifs is 1. The first-order chi connectivity index (χ1) is 9.58. The molecular formula is C13H10FN5O. The molecule has 20 heavy (non-hydrogen) atoms. The minimum atomic E-state index is -0.805. The summed E-state index contributed by atoms with van der Waals surface area (Å²) in [5.74, 6) is -1.15. The van der Waals surface area contributed by atoms with Gasteiger partial charge in [-0.2, -0.15) is 5.10 Å². The SMILES string of the molecule is NC(=O)c1ccc(-c2ccc3c(N)ncnn23)cc1F. The Kier molecular flexibility index (Phi) is 2.60. The van der Waals surface area contributed by atoms with Crippen molar-refractivity contribution >= 4 is 17.2 Å². The minimum absolute atomic E-state index is 0.149. The van der Waals surface area contributed by atoms with Gasteiger partial charge in [0.1, 0.15) is 17.7 Å². The van der Waals surface area contributed by atoms with Gasteiger partial charge in [-0.25, -0.2) is 13.9 Å². The highest BCUT2D eigenvalue weighted by molar-refractivity contribution is 5.93. The minimum Gasteiger partial charge on any atom is -0.382 e. The van der Waals surface area contributed by atoms with E-state index in [1.807, 2.05) is 0 Å². The van der Waals surface area contributed by atoms with Gasteiger partial charge in [0.15, 0.2) is 5.82 Å². The van der Waals surface area contributed by atoms with Gasteiger partial charge in [-0.15, -0.1) is 0 Å². The van der Waals surface area contributed by atoms with E-state index >= 15 is 0 Å². The molecule has 0 bridgehead atoms. The first kappa shape index (κ1) is 12.1. The summed E-state index contributed by atoms with van der Waals surface area (Å²) in [6.07, 6.45) is 1.32. The van der Waals surface area contributed by atoms with E-state index in [9.17, 15) is 9.18 Å². The molecule has 4 N–H and O–H groups in total. The molecule has 3 rings (SSSR count). The van der Waals surface area contributed by atoms with Gasteiger partial charge in [0.2, 0.25) is 0 Å². The Bertz CT molecular complexity index is 827. The van der Waals surface area contributed by atoms with Crippen LogP contribution in [-0.2, 0) is 0 Å². The molecule has 100 valence electrons. The molecule has 7 heteroatoms. The third kappa shape index (κ3) is 1.76. The Morgan fingerprint density at radius 1 is 1.25 bits per heavy atom. The summed E-state index contributed by atoms with van der Waals surface area (Å²) >= 11 is 0.